The fourth-order valence-electron chi connectivity index (χ4n) is 1.75. The molecule has 0 saturated carbocycles. The summed E-state index contributed by atoms with van der Waals surface area (Å²) in [5, 5.41) is 6.85. The summed E-state index contributed by atoms with van der Waals surface area (Å²) < 4.78 is 6.19. The minimum atomic E-state index is -0.00156. The summed E-state index contributed by atoms with van der Waals surface area (Å²) in [7, 11) is 0. The topological polar surface area (TPSA) is 68.0 Å². The lowest BCUT2D eigenvalue weighted by Gasteiger charge is -2.18. The van der Waals surface area contributed by atoms with Gasteiger partial charge in [-0.1, -0.05) is 41.9 Å². The SMILES string of the molecule is CC(C)(C)CNC(=O)CCc1nc(-c2ccc(Br)cc2)no1. The van der Waals surface area contributed by atoms with Crippen molar-refractivity contribution < 1.29 is 9.32 Å². The van der Waals surface area contributed by atoms with Crippen LogP contribution in [0.4, 0.5) is 0 Å². The molecule has 0 atom stereocenters. The van der Waals surface area contributed by atoms with Gasteiger partial charge in [-0.15, -0.1) is 0 Å². The Labute approximate surface area is 138 Å². The highest BCUT2D eigenvalue weighted by Crippen LogP contribution is 2.19. The largest absolute Gasteiger partial charge is 0.356 e. The Kier molecular flexibility index (Phi) is 5.34. The van der Waals surface area contributed by atoms with Crippen molar-refractivity contribution in [2.24, 2.45) is 5.41 Å². The molecule has 1 N–H and O–H groups in total. The monoisotopic (exact) mass is 365 g/mol. The van der Waals surface area contributed by atoms with Crippen molar-refractivity contribution >= 4 is 21.8 Å². The molecule has 2 aromatic rings. The van der Waals surface area contributed by atoms with Gasteiger partial charge in [0, 0.05) is 29.4 Å². The van der Waals surface area contributed by atoms with Crippen molar-refractivity contribution in [1.29, 1.82) is 0 Å². The minimum Gasteiger partial charge on any atom is -0.356 e. The Morgan fingerprint density at radius 3 is 2.59 bits per heavy atom. The number of nitrogens with one attached hydrogen (secondary N) is 1. The Morgan fingerprint density at radius 1 is 1.27 bits per heavy atom. The summed E-state index contributed by atoms with van der Waals surface area (Å²) in [6.45, 7) is 6.89. The third-order valence-corrected chi connectivity index (χ3v) is 3.48. The van der Waals surface area contributed by atoms with Gasteiger partial charge in [-0.25, -0.2) is 0 Å². The highest BCUT2D eigenvalue weighted by molar-refractivity contribution is 9.10. The van der Waals surface area contributed by atoms with Crippen LogP contribution in [0.15, 0.2) is 33.3 Å². The summed E-state index contributed by atoms with van der Waals surface area (Å²) in [6.07, 6.45) is 0.789. The molecule has 2 rings (SSSR count). The van der Waals surface area contributed by atoms with E-state index in [1.54, 1.807) is 0 Å². The number of amides is 1. The molecule has 22 heavy (non-hydrogen) atoms. The zero-order valence-electron chi connectivity index (χ0n) is 13.0. The van der Waals surface area contributed by atoms with Gasteiger partial charge in [0.15, 0.2) is 0 Å². The second-order valence-corrected chi connectivity index (χ2v) is 7.27. The predicted octanol–water partition coefficient (Wildman–Crippen LogP) is 3.59. The Hall–Kier alpha value is -1.69. The van der Waals surface area contributed by atoms with Crippen LogP contribution in [-0.4, -0.2) is 22.6 Å². The average molecular weight is 366 g/mol. The number of benzene rings is 1. The average Bonchev–Trinajstić information content (AvgIpc) is 2.92. The number of carbonyl (C=O) groups is 1. The van der Waals surface area contributed by atoms with Gasteiger partial charge in [-0.05, 0) is 29.7 Å². The lowest BCUT2D eigenvalue weighted by molar-refractivity contribution is -0.121. The van der Waals surface area contributed by atoms with E-state index in [1.807, 2.05) is 24.3 Å². The first-order chi connectivity index (χ1) is 10.3. The van der Waals surface area contributed by atoms with Crippen molar-refractivity contribution in [2.75, 3.05) is 6.54 Å². The first-order valence-corrected chi connectivity index (χ1v) is 7.98. The van der Waals surface area contributed by atoms with Gasteiger partial charge in [-0.2, -0.15) is 4.98 Å². The molecule has 1 amide bonds. The number of hydrogen-bond acceptors (Lipinski definition) is 4. The predicted molar refractivity (Wildman–Crippen MR) is 88.2 cm³/mol. The third-order valence-electron chi connectivity index (χ3n) is 2.95. The molecule has 0 aliphatic rings. The van der Waals surface area contributed by atoms with E-state index in [2.05, 4.69) is 52.2 Å². The molecule has 0 aliphatic heterocycles. The van der Waals surface area contributed by atoms with Crippen LogP contribution < -0.4 is 5.32 Å². The van der Waals surface area contributed by atoms with Crippen LogP contribution in [0, 0.1) is 5.41 Å². The van der Waals surface area contributed by atoms with Crippen LogP contribution in [0.2, 0.25) is 0 Å². The number of halogens is 1. The van der Waals surface area contributed by atoms with Gasteiger partial charge in [0.25, 0.3) is 0 Å². The summed E-state index contributed by atoms with van der Waals surface area (Å²) in [5.74, 6) is 1.01. The summed E-state index contributed by atoms with van der Waals surface area (Å²) >= 11 is 3.38. The fourth-order valence-corrected chi connectivity index (χ4v) is 2.01. The van der Waals surface area contributed by atoms with Gasteiger partial charge in [0.2, 0.25) is 17.6 Å². The first kappa shape index (κ1) is 16.7. The molecule has 0 unspecified atom stereocenters. The highest BCUT2D eigenvalue weighted by atomic mass is 79.9. The van der Waals surface area contributed by atoms with Gasteiger partial charge < -0.3 is 9.84 Å². The number of rotatable bonds is 5. The summed E-state index contributed by atoms with van der Waals surface area (Å²) in [6, 6.07) is 7.67. The van der Waals surface area contributed by atoms with E-state index in [0.29, 0.717) is 31.1 Å². The molecule has 0 bridgehead atoms. The molecule has 1 aromatic heterocycles. The molecule has 118 valence electrons. The Morgan fingerprint density at radius 2 is 1.95 bits per heavy atom. The molecule has 0 fully saturated rings. The van der Waals surface area contributed by atoms with Crippen LogP contribution in [0.25, 0.3) is 11.4 Å². The minimum absolute atomic E-state index is 0.00156. The normalized spacial score (nSPS) is 11.5. The summed E-state index contributed by atoms with van der Waals surface area (Å²) in [4.78, 5) is 16.1. The van der Waals surface area contributed by atoms with Crippen molar-refractivity contribution in [2.45, 2.75) is 33.6 Å². The van der Waals surface area contributed by atoms with E-state index in [1.165, 1.54) is 0 Å². The molecule has 6 heteroatoms. The molecule has 1 heterocycles. The molecule has 0 spiro atoms. The molecule has 5 nitrogen and oxygen atoms in total. The number of hydrogen-bond donors (Lipinski definition) is 1. The molecular formula is C16H20BrN3O2. The summed E-state index contributed by atoms with van der Waals surface area (Å²) in [5.41, 5.74) is 0.963. The molecule has 0 radical (unpaired) electrons. The first-order valence-electron chi connectivity index (χ1n) is 7.19. The quantitative estimate of drug-likeness (QED) is 0.878. The third kappa shape index (κ3) is 5.26. The van der Waals surface area contributed by atoms with Gasteiger partial charge >= 0.3 is 0 Å². The Bertz CT molecular complexity index is 630. The van der Waals surface area contributed by atoms with Crippen LogP contribution in [0.3, 0.4) is 0 Å². The van der Waals surface area contributed by atoms with Crippen molar-refractivity contribution in [1.82, 2.24) is 15.5 Å². The van der Waals surface area contributed by atoms with Gasteiger partial charge in [0.1, 0.15) is 0 Å². The maximum Gasteiger partial charge on any atom is 0.227 e. The van der Waals surface area contributed by atoms with E-state index in [-0.39, 0.29) is 11.3 Å². The van der Waals surface area contributed by atoms with E-state index in [4.69, 9.17) is 4.52 Å². The number of nitrogens with zero attached hydrogens (tertiary/aromatic N) is 2. The van der Waals surface area contributed by atoms with E-state index < -0.39 is 0 Å². The molecule has 1 aromatic carbocycles. The van der Waals surface area contributed by atoms with E-state index >= 15 is 0 Å². The number of aromatic nitrogens is 2. The second-order valence-electron chi connectivity index (χ2n) is 6.36. The number of aryl methyl sites for hydroxylation is 1. The molecule has 0 aliphatic carbocycles. The molecular weight excluding hydrogens is 346 g/mol. The maximum atomic E-state index is 11.8. The zero-order chi connectivity index (χ0) is 16.2. The maximum absolute atomic E-state index is 11.8. The molecule has 0 saturated heterocycles. The lowest BCUT2D eigenvalue weighted by Crippen LogP contribution is -2.32. The van der Waals surface area contributed by atoms with E-state index in [9.17, 15) is 4.79 Å². The Balaban J connectivity index is 1.87. The van der Waals surface area contributed by atoms with Gasteiger partial charge in [0.05, 0.1) is 0 Å². The van der Waals surface area contributed by atoms with Gasteiger partial charge in [-0.3, -0.25) is 4.79 Å². The van der Waals surface area contributed by atoms with Crippen molar-refractivity contribution in [3.8, 4) is 11.4 Å². The van der Waals surface area contributed by atoms with Crippen LogP contribution in [0.1, 0.15) is 33.1 Å². The highest BCUT2D eigenvalue weighted by Gasteiger charge is 2.13. The van der Waals surface area contributed by atoms with Crippen LogP contribution in [-0.2, 0) is 11.2 Å². The lowest BCUT2D eigenvalue weighted by atomic mass is 9.97. The zero-order valence-corrected chi connectivity index (χ0v) is 14.6. The van der Waals surface area contributed by atoms with Crippen molar-refractivity contribution in [3.05, 3.63) is 34.6 Å². The fraction of sp³-hybridized carbons (Fsp3) is 0.438. The smallest absolute Gasteiger partial charge is 0.227 e. The van der Waals surface area contributed by atoms with Crippen LogP contribution in [0.5, 0.6) is 0 Å². The second kappa shape index (κ2) is 7.05. The number of carbonyl (C=O) groups excluding carboxylic acids is 1. The van der Waals surface area contributed by atoms with Crippen molar-refractivity contribution in [3.63, 3.8) is 0 Å². The standard InChI is InChI=1S/C16H20BrN3O2/c1-16(2,3)10-18-13(21)8-9-14-19-15(20-22-14)11-4-6-12(17)7-5-11/h4-7H,8-10H2,1-3H3,(H,18,21). The van der Waals surface area contributed by atoms with E-state index in [0.717, 1.165) is 10.0 Å². The van der Waals surface area contributed by atoms with Crippen LogP contribution >= 0.6 is 15.9 Å².